The van der Waals surface area contributed by atoms with Crippen molar-refractivity contribution in [3.8, 4) is 0 Å². The van der Waals surface area contributed by atoms with Gasteiger partial charge in [-0.1, -0.05) is 96.8 Å². The standard InChI is InChI=1S/C25H50O3Si/c1-5-6-7-8-9-10-11-12-13-14-15-16-17-18-19-21-24(26)27-25(2)22-20-23-29(3,4)28-25/h5-23H2,1-4H3. The summed E-state index contributed by atoms with van der Waals surface area (Å²) in [5.41, 5.74) is 0. The molecule has 0 aromatic carbocycles. The van der Waals surface area contributed by atoms with Gasteiger partial charge in [-0.15, -0.1) is 0 Å². The summed E-state index contributed by atoms with van der Waals surface area (Å²) in [4.78, 5) is 12.2. The van der Waals surface area contributed by atoms with Gasteiger partial charge in [0.2, 0.25) is 5.79 Å². The molecule has 1 atom stereocenters. The van der Waals surface area contributed by atoms with Crippen molar-refractivity contribution in [2.24, 2.45) is 0 Å². The van der Waals surface area contributed by atoms with E-state index in [0.29, 0.717) is 6.42 Å². The van der Waals surface area contributed by atoms with Crippen LogP contribution in [-0.2, 0) is 14.0 Å². The molecule has 29 heavy (non-hydrogen) atoms. The zero-order valence-electron chi connectivity index (χ0n) is 20.2. The molecule has 0 radical (unpaired) electrons. The maximum absolute atomic E-state index is 12.2. The lowest BCUT2D eigenvalue weighted by Crippen LogP contribution is -2.49. The van der Waals surface area contributed by atoms with E-state index < -0.39 is 14.1 Å². The minimum Gasteiger partial charge on any atom is -0.434 e. The van der Waals surface area contributed by atoms with Crippen molar-refractivity contribution < 1.29 is 14.0 Å². The minimum atomic E-state index is -1.64. The first-order valence-electron chi connectivity index (χ1n) is 12.8. The molecule has 4 heteroatoms. The topological polar surface area (TPSA) is 35.5 Å². The molecule has 0 aromatic heterocycles. The van der Waals surface area contributed by atoms with Gasteiger partial charge in [0.25, 0.3) is 0 Å². The Labute approximate surface area is 182 Å². The minimum absolute atomic E-state index is 0.0751. The molecule has 0 spiro atoms. The Bertz CT molecular complexity index is 424. The fourth-order valence-corrected chi connectivity index (χ4v) is 6.97. The van der Waals surface area contributed by atoms with Crippen LogP contribution in [-0.4, -0.2) is 20.1 Å². The molecule has 0 aromatic rings. The van der Waals surface area contributed by atoms with E-state index in [1.165, 1.54) is 89.5 Å². The molecule has 0 saturated carbocycles. The fraction of sp³-hybridized carbons (Fsp3) is 0.960. The first kappa shape index (κ1) is 26.7. The molecule has 1 heterocycles. The van der Waals surface area contributed by atoms with E-state index in [-0.39, 0.29) is 5.97 Å². The number of ether oxygens (including phenoxy) is 1. The summed E-state index contributed by atoms with van der Waals surface area (Å²) < 4.78 is 11.9. The Morgan fingerprint density at radius 1 is 0.828 bits per heavy atom. The third kappa shape index (κ3) is 14.3. The molecule has 1 fully saturated rings. The van der Waals surface area contributed by atoms with Crippen molar-refractivity contribution in [3.63, 3.8) is 0 Å². The first-order chi connectivity index (χ1) is 13.9. The molecular formula is C25H50O3Si. The highest BCUT2D eigenvalue weighted by atomic mass is 28.4. The molecule has 0 N–H and O–H groups in total. The fourth-order valence-electron chi connectivity index (χ4n) is 4.53. The van der Waals surface area contributed by atoms with E-state index in [4.69, 9.17) is 9.16 Å². The summed E-state index contributed by atoms with van der Waals surface area (Å²) in [5, 5.41) is 0. The summed E-state index contributed by atoms with van der Waals surface area (Å²) >= 11 is 0. The first-order valence-corrected chi connectivity index (χ1v) is 15.9. The number of carbonyl (C=O) groups is 1. The molecule has 0 aliphatic carbocycles. The molecule has 1 saturated heterocycles. The van der Waals surface area contributed by atoms with Crippen LogP contribution in [0.25, 0.3) is 0 Å². The maximum Gasteiger partial charge on any atom is 0.308 e. The van der Waals surface area contributed by atoms with Gasteiger partial charge in [0.05, 0.1) is 0 Å². The summed E-state index contributed by atoms with van der Waals surface area (Å²) in [6.07, 6.45) is 22.6. The number of unbranched alkanes of at least 4 members (excludes halogenated alkanes) is 14. The van der Waals surface area contributed by atoms with Gasteiger partial charge in [-0.05, 0) is 32.0 Å². The SMILES string of the molecule is CCCCCCCCCCCCCCCCCC(=O)OC1(C)CCC[Si](C)(C)O1. The summed E-state index contributed by atoms with van der Waals surface area (Å²) in [5.74, 6) is -0.741. The maximum atomic E-state index is 12.2. The van der Waals surface area contributed by atoms with Crippen LogP contribution in [0.4, 0.5) is 0 Å². The molecule has 172 valence electrons. The van der Waals surface area contributed by atoms with Gasteiger partial charge in [-0.2, -0.15) is 0 Å². The van der Waals surface area contributed by atoms with Crippen molar-refractivity contribution >= 4 is 14.3 Å². The average molecular weight is 427 g/mol. The van der Waals surface area contributed by atoms with Crippen LogP contribution >= 0.6 is 0 Å². The Balaban J connectivity index is 1.88. The molecule has 1 aliphatic rings. The molecule has 3 nitrogen and oxygen atoms in total. The van der Waals surface area contributed by atoms with E-state index in [0.717, 1.165) is 25.7 Å². The van der Waals surface area contributed by atoms with Crippen LogP contribution in [0.2, 0.25) is 19.1 Å². The van der Waals surface area contributed by atoms with Gasteiger partial charge in [-0.3, -0.25) is 4.79 Å². The van der Waals surface area contributed by atoms with Crippen molar-refractivity contribution in [3.05, 3.63) is 0 Å². The third-order valence-corrected chi connectivity index (χ3v) is 8.76. The van der Waals surface area contributed by atoms with Gasteiger partial charge in [0, 0.05) is 19.8 Å². The van der Waals surface area contributed by atoms with Crippen molar-refractivity contribution in [2.75, 3.05) is 0 Å². The third-order valence-electron chi connectivity index (χ3n) is 6.22. The molecule has 0 amide bonds. The summed E-state index contributed by atoms with van der Waals surface area (Å²) in [6.45, 7) is 8.66. The van der Waals surface area contributed by atoms with Crippen LogP contribution in [0.5, 0.6) is 0 Å². The lowest BCUT2D eigenvalue weighted by Gasteiger charge is -2.41. The molecule has 1 unspecified atom stereocenters. The van der Waals surface area contributed by atoms with Crippen LogP contribution in [0.15, 0.2) is 0 Å². The van der Waals surface area contributed by atoms with E-state index >= 15 is 0 Å². The number of carbonyl (C=O) groups excluding carboxylic acids is 1. The summed E-state index contributed by atoms with van der Waals surface area (Å²) in [7, 11) is -1.64. The zero-order valence-corrected chi connectivity index (χ0v) is 21.2. The van der Waals surface area contributed by atoms with Crippen LogP contribution in [0, 0.1) is 0 Å². The Kier molecular flexibility index (Phi) is 14.2. The van der Waals surface area contributed by atoms with Gasteiger partial charge < -0.3 is 9.16 Å². The predicted octanol–water partition coefficient (Wildman–Crippen LogP) is 8.52. The summed E-state index contributed by atoms with van der Waals surface area (Å²) in [6, 6.07) is 1.17. The van der Waals surface area contributed by atoms with Crippen LogP contribution in [0.3, 0.4) is 0 Å². The van der Waals surface area contributed by atoms with Crippen molar-refractivity contribution in [2.45, 2.75) is 154 Å². The second kappa shape index (κ2) is 15.4. The Hall–Kier alpha value is -0.353. The Morgan fingerprint density at radius 2 is 1.28 bits per heavy atom. The quantitative estimate of drug-likeness (QED) is 0.133. The number of hydrogen-bond acceptors (Lipinski definition) is 3. The van der Waals surface area contributed by atoms with Gasteiger partial charge in [-0.25, -0.2) is 0 Å². The van der Waals surface area contributed by atoms with E-state index in [9.17, 15) is 4.79 Å². The van der Waals surface area contributed by atoms with Gasteiger partial charge in [0.1, 0.15) is 0 Å². The van der Waals surface area contributed by atoms with Crippen molar-refractivity contribution in [1.29, 1.82) is 0 Å². The van der Waals surface area contributed by atoms with Crippen LogP contribution in [0.1, 0.15) is 129 Å². The lowest BCUT2D eigenvalue weighted by molar-refractivity contribution is -0.200. The number of esters is 1. The highest BCUT2D eigenvalue weighted by Crippen LogP contribution is 2.34. The van der Waals surface area contributed by atoms with Crippen LogP contribution < -0.4 is 0 Å². The second-order valence-corrected chi connectivity index (χ2v) is 14.2. The van der Waals surface area contributed by atoms with Crippen molar-refractivity contribution in [1.82, 2.24) is 0 Å². The zero-order chi connectivity index (χ0) is 21.4. The highest BCUT2D eigenvalue weighted by Gasteiger charge is 2.41. The molecule has 1 rings (SSSR count). The average Bonchev–Trinajstić information content (AvgIpc) is 2.63. The molecular weight excluding hydrogens is 376 g/mol. The highest BCUT2D eigenvalue weighted by molar-refractivity contribution is 6.71. The number of hydrogen-bond donors (Lipinski definition) is 0. The van der Waals surface area contributed by atoms with E-state index in [1.54, 1.807) is 0 Å². The smallest absolute Gasteiger partial charge is 0.308 e. The Morgan fingerprint density at radius 3 is 1.72 bits per heavy atom. The monoisotopic (exact) mass is 426 g/mol. The van der Waals surface area contributed by atoms with E-state index in [1.807, 2.05) is 6.92 Å². The normalized spacial score (nSPS) is 21.2. The number of rotatable bonds is 17. The van der Waals surface area contributed by atoms with Gasteiger partial charge in [0.15, 0.2) is 8.32 Å². The molecule has 1 aliphatic heterocycles. The van der Waals surface area contributed by atoms with E-state index in [2.05, 4.69) is 20.0 Å². The largest absolute Gasteiger partial charge is 0.434 e. The molecule has 0 bridgehead atoms. The predicted molar refractivity (Wildman–Crippen MR) is 127 cm³/mol. The van der Waals surface area contributed by atoms with Gasteiger partial charge >= 0.3 is 5.97 Å². The second-order valence-electron chi connectivity index (χ2n) is 10.0. The lowest BCUT2D eigenvalue weighted by atomic mass is 10.0.